The number of benzene rings is 1. The molecule has 1 unspecified atom stereocenters. The highest BCUT2D eigenvalue weighted by Crippen LogP contribution is 2.37. The lowest BCUT2D eigenvalue weighted by atomic mass is 10.0. The number of halogens is 1. The van der Waals surface area contributed by atoms with E-state index in [2.05, 4.69) is 33.1 Å². The van der Waals surface area contributed by atoms with Crippen LogP contribution >= 0.6 is 15.9 Å². The van der Waals surface area contributed by atoms with Gasteiger partial charge in [0.25, 0.3) is 11.7 Å². The lowest BCUT2D eigenvalue weighted by molar-refractivity contribution is -0.112. The van der Waals surface area contributed by atoms with Crippen LogP contribution < -0.4 is 10.2 Å². The van der Waals surface area contributed by atoms with Crippen molar-refractivity contribution in [2.75, 3.05) is 23.3 Å². The first-order chi connectivity index (χ1) is 9.60. The van der Waals surface area contributed by atoms with Crippen LogP contribution in [-0.2, 0) is 4.79 Å². The minimum absolute atomic E-state index is 0.447. The summed E-state index contributed by atoms with van der Waals surface area (Å²) in [5.41, 5.74) is 2.17. The van der Waals surface area contributed by atoms with Crippen molar-refractivity contribution >= 4 is 39.0 Å². The average molecular weight is 337 g/mol. The van der Waals surface area contributed by atoms with Crippen LogP contribution in [0.1, 0.15) is 36.5 Å². The predicted octanol–water partition coefficient (Wildman–Crippen LogP) is 3.21. The maximum absolute atomic E-state index is 11.7. The second kappa shape index (κ2) is 5.20. The molecule has 1 N–H and O–H groups in total. The van der Waals surface area contributed by atoms with Gasteiger partial charge in [-0.1, -0.05) is 13.3 Å². The molecule has 0 saturated carbocycles. The Morgan fingerprint density at radius 1 is 1.40 bits per heavy atom. The van der Waals surface area contributed by atoms with Crippen molar-refractivity contribution in [3.63, 3.8) is 0 Å². The number of nitrogens with one attached hydrogen (secondary N) is 1. The Bertz CT molecular complexity index is 585. The van der Waals surface area contributed by atoms with Crippen molar-refractivity contribution in [2.45, 2.75) is 26.2 Å². The van der Waals surface area contributed by atoms with Crippen molar-refractivity contribution in [3.05, 3.63) is 22.2 Å². The van der Waals surface area contributed by atoms with Crippen LogP contribution in [0.25, 0.3) is 0 Å². The molecule has 1 aromatic rings. The molecule has 5 heteroatoms. The van der Waals surface area contributed by atoms with Gasteiger partial charge in [-0.3, -0.25) is 9.59 Å². The fourth-order valence-corrected chi connectivity index (χ4v) is 3.69. The van der Waals surface area contributed by atoms with Crippen LogP contribution in [0.15, 0.2) is 16.6 Å². The van der Waals surface area contributed by atoms with Gasteiger partial charge in [-0.15, -0.1) is 0 Å². The van der Waals surface area contributed by atoms with Gasteiger partial charge in [0, 0.05) is 17.6 Å². The maximum Gasteiger partial charge on any atom is 0.296 e. The van der Waals surface area contributed by atoms with Crippen LogP contribution in [0.5, 0.6) is 0 Å². The van der Waals surface area contributed by atoms with E-state index in [9.17, 15) is 9.59 Å². The highest BCUT2D eigenvalue weighted by atomic mass is 79.9. The van der Waals surface area contributed by atoms with Gasteiger partial charge in [0.05, 0.1) is 16.9 Å². The Morgan fingerprint density at radius 3 is 2.95 bits per heavy atom. The first kappa shape index (κ1) is 13.6. The number of carbonyl (C=O) groups is 2. The molecule has 1 atom stereocenters. The molecule has 0 spiro atoms. The Kier molecular flexibility index (Phi) is 3.54. The summed E-state index contributed by atoms with van der Waals surface area (Å²) in [7, 11) is 0. The zero-order chi connectivity index (χ0) is 14.3. The summed E-state index contributed by atoms with van der Waals surface area (Å²) in [5, 5.41) is 2.64. The van der Waals surface area contributed by atoms with Gasteiger partial charge < -0.3 is 10.2 Å². The smallest absolute Gasteiger partial charge is 0.296 e. The van der Waals surface area contributed by atoms with E-state index in [0.29, 0.717) is 11.3 Å². The number of ketones is 1. The lowest BCUT2D eigenvalue weighted by Gasteiger charge is -2.21. The lowest BCUT2D eigenvalue weighted by Crippen LogP contribution is -2.20. The summed E-state index contributed by atoms with van der Waals surface area (Å²) in [6.45, 7) is 4.30. The molecule has 0 aromatic heterocycles. The molecule has 1 fully saturated rings. The van der Waals surface area contributed by atoms with Gasteiger partial charge in [0.15, 0.2) is 0 Å². The Labute approximate surface area is 126 Å². The fraction of sp³-hybridized carbons (Fsp3) is 0.467. The second-order valence-corrected chi connectivity index (χ2v) is 6.38. The number of fused-ring (bicyclic) bond motifs is 1. The number of rotatable bonds is 3. The molecule has 4 nitrogen and oxygen atoms in total. The van der Waals surface area contributed by atoms with Crippen molar-refractivity contribution in [1.82, 2.24) is 0 Å². The van der Waals surface area contributed by atoms with Crippen molar-refractivity contribution in [3.8, 4) is 0 Å². The van der Waals surface area contributed by atoms with E-state index in [-0.39, 0.29) is 0 Å². The zero-order valence-electron chi connectivity index (χ0n) is 11.4. The molecule has 20 heavy (non-hydrogen) atoms. The van der Waals surface area contributed by atoms with Crippen LogP contribution in [0, 0.1) is 5.92 Å². The maximum atomic E-state index is 11.7. The van der Waals surface area contributed by atoms with Gasteiger partial charge in [-0.05, 0) is 46.8 Å². The van der Waals surface area contributed by atoms with Crippen LogP contribution in [0.2, 0.25) is 0 Å². The summed E-state index contributed by atoms with van der Waals surface area (Å²) in [5.74, 6) is -0.233. The molecule has 1 aromatic carbocycles. The Morgan fingerprint density at radius 2 is 2.20 bits per heavy atom. The third-order valence-corrected chi connectivity index (χ3v) is 4.74. The number of amides is 1. The normalized spacial score (nSPS) is 21.3. The minimum atomic E-state index is -0.533. The number of carbonyl (C=O) groups excluding carboxylic acids is 2. The molecule has 2 aliphatic rings. The van der Waals surface area contributed by atoms with Crippen molar-refractivity contribution in [2.24, 2.45) is 5.92 Å². The monoisotopic (exact) mass is 336 g/mol. The summed E-state index contributed by atoms with van der Waals surface area (Å²) < 4.78 is 0.887. The number of hydrogen-bond donors (Lipinski definition) is 1. The van der Waals surface area contributed by atoms with E-state index in [1.807, 2.05) is 6.07 Å². The summed E-state index contributed by atoms with van der Waals surface area (Å²) >= 11 is 3.53. The van der Waals surface area contributed by atoms with Gasteiger partial charge in [-0.25, -0.2) is 0 Å². The third-order valence-electron chi connectivity index (χ3n) is 4.11. The van der Waals surface area contributed by atoms with Crippen LogP contribution in [0.3, 0.4) is 0 Å². The molecule has 1 saturated heterocycles. The highest BCUT2D eigenvalue weighted by molar-refractivity contribution is 9.10. The molecule has 2 heterocycles. The Balaban J connectivity index is 1.87. The molecule has 2 aliphatic heterocycles. The topological polar surface area (TPSA) is 49.4 Å². The molecule has 106 valence electrons. The number of Topliss-reactive ketones (excluding diaryl/α,β-unsaturated/α-hetero) is 1. The quantitative estimate of drug-likeness (QED) is 0.862. The van der Waals surface area contributed by atoms with Crippen LogP contribution in [-0.4, -0.2) is 24.8 Å². The Hall–Kier alpha value is -1.36. The second-order valence-electron chi connectivity index (χ2n) is 5.52. The molecule has 0 aliphatic carbocycles. The minimum Gasteiger partial charge on any atom is -0.370 e. The molecular formula is C15H17BrN2O2. The van der Waals surface area contributed by atoms with E-state index in [4.69, 9.17) is 0 Å². The standard InChI is InChI=1S/C15H17BrN2O2/c1-2-3-9-4-5-18(8-9)13-7-12-10(6-11(13)16)14(19)15(20)17-12/h6-7,9H,2-5,8H2,1H3,(H,17,19,20). The predicted molar refractivity (Wildman–Crippen MR) is 82.3 cm³/mol. The summed E-state index contributed by atoms with van der Waals surface area (Å²) in [6.07, 6.45) is 3.69. The van der Waals surface area contributed by atoms with Crippen molar-refractivity contribution in [1.29, 1.82) is 0 Å². The van der Waals surface area contributed by atoms with Gasteiger partial charge >= 0.3 is 0 Å². The molecular weight excluding hydrogens is 320 g/mol. The first-order valence-electron chi connectivity index (χ1n) is 7.04. The molecule has 1 amide bonds. The molecule has 3 rings (SSSR count). The van der Waals surface area contributed by atoms with Crippen LogP contribution in [0.4, 0.5) is 11.4 Å². The first-order valence-corrected chi connectivity index (χ1v) is 7.83. The van der Waals surface area contributed by atoms with E-state index < -0.39 is 11.7 Å². The number of nitrogens with zero attached hydrogens (tertiary/aromatic N) is 1. The highest BCUT2D eigenvalue weighted by Gasteiger charge is 2.31. The third kappa shape index (κ3) is 2.24. The van der Waals surface area contributed by atoms with E-state index in [1.54, 1.807) is 6.07 Å². The SMILES string of the molecule is CCCC1CCN(c2cc3c(cc2Br)C(=O)C(=O)N3)C1. The van der Waals surface area contributed by atoms with Crippen molar-refractivity contribution < 1.29 is 9.59 Å². The summed E-state index contributed by atoms with van der Waals surface area (Å²) in [4.78, 5) is 25.4. The van der Waals surface area contributed by atoms with E-state index >= 15 is 0 Å². The van der Waals surface area contributed by atoms with E-state index in [1.165, 1.54) is 19.3 Å². The fourth-order valence-electron chi connectivity index (χ4n) is 3.09. The van der Waals surface area contributed by atoms with E-state index in [0.717, 1.165) is 29.2 Å². The molecule has 0 radical (unpaired) electrons. The summed E-state index contributed by atoms with van der Waals surface area (Å²) in [6, 6.07) is 3.68. The molecule has 0 bridgehead atoms. The van der Waals surface area contributed by atoms with Gasteiger partial charge in [-0.2, -0.15) is 0 Å². The number of hydrogen-bond acceptors (Lipinski definition) is 3. The largest absolute Gasteiger partial charge is 0.370 e. The average Bonchev–Trinajstić information content (AvgIpc) is 2.97. The zero-order valence-corrected chi connectivity index (χ0v) is 13.0. The van der Waals surface area contributed by atoms with Gasteiger partial charge in [0.2, 0.25) is 0 Å². The van der Waals surface area contributed by atoms with Gasteiger partial charge in [0.1, 0.15) is 0 Å². The number of anilines is 2.